The van der Waals surface area contributed by atoms with Gasteiger partial charge in [-0.25, -0.2) is 21.1 Å². The lowest BCUT2D eigenvalue weighted by atomic mass is 10.1. The highest BCUT2D eigenvalue weighted by molar-refractivity contribution is 7.89. The average molecular weight is 496 g/mol. The van der Waals surface area contributed by atoms with E-state index in [4.69, 9.17) is 4.74 Å². The van der Waals surface area contributed by atoms with E-state index in [1.807, 2.05) is 30.3 Å². The first-order valence-corrected chi connectivity index (χ1v) is 13.8. The third kappa shape index (κ3) is 6.11. The Balaban J connectivity index is 1.82. The van der Waals surface area contributed by atoms with Crippen LogP contribution in [0.15, 0.2) is 53.4 Å². The molecule has 11 heteroatoms. The van der Waals surface area contributed by atoms with Gasteiger partial charge in [0.15, 0.2) is 0 Å². The van der Waals surface area contributed by atoms with E-state index in [0.29, 0.717) is 19.4 Å². The number of carbonyl (C=O) groups is 1. The second kappa shape index (κ2) is 10.2. The van der Waals surface area contributed by atoms with E-state index < -0.39 is 26.0 Å². The molecule has 0 radical (unpaired) electrons. The Morgan fingerprint density at radius 1 is 1.15 bits per heavy atom. The highest BCUT2D eigenvalue weighted by atomic mass is 32.2. The third-order valence-corrected chi connectivity index (χ3v) is 8.64. The maximum Gasteiger partial charge on any atom is 0.251 e. The molecule has 1 aliphatic rings. The van der Waals surface area contributed by atoms with Gasteiger partial charge in [-0.15, -0.1) is 0 Å². The molecule has 2 aromatic rings. The fourth-order valence-electron chi connectivity index (χ4n) is 3.74. The lowest BCUT2D eigenvalue weighted by molar-refractivity contribution is 0.0921. The number of methoxy groups -OCH3 is 1. The van der Waals surface area contributed by atoms with E-state index in [-0.39, 0.29) is 35.3 Å². The summed E-state index contributed by atoms with van der Waals surface area (Å²) in [6.07, 6.45) is 2.41. The normalized spacial score (nSPS) is 17.6. The predicted molar refractivity (Wildman–Crippen MR) is 125 cm³/mol. The molecule has 1 saturated heterocycles. The van der Waals surface area contributed by atoms with Crippen LogP contribution in [0.25, 0.3) is 0 Å². The molecule has 0 aromatic heterocycles. The van der Waals surface area contributed by atoms with Crippen molar-refractivity contribution in [3.05, 3.63) is 59.7 Å². The quantitative estimate of drug-likeness (QED) is 0.596. The summed E-state index contributed by atoms with van der Waals surface area (Å²) in [6.45, 7) is 0.766. The molecule has 1 atom stereocenters. The molecule has 1 N–H and O–H groups in total. The molecule has 2 aromatic carbocycles. The van der Waals surface area contributed by atoms with Crippen LogP contribution in [-0.4, -0.2) is 70.9 Å². The van der Waals surface area contributed by atoms with Crippen molar-refractivity contribution < 1.29 is 26.4 Å². The molecule has 1 fully saturated rings. The van der Waals surface area contributed by atoms with Crippen molar-refractivity contribution in [1.82, 2.24) is 13.9 Å². The molecule has 0 bridgehead atoms. The first kappa shape index (κ1) is 25.2. The fourth-order valence-corrected chi connectivity index (χ4v) is 5.99. The highest BCUT2D eigenvalue weighted by Crippen LogP contribution is 2.28. The summed E-state index contributed by atoms with van der Waals surface area (Å²) in [5, 5.41) is 2.83. The molecule has 180 valence electrons. The van der Waals surface area contributed by atoms with Gasteiger partial charge in [-0.1, -0.05) is 30.3 Å². The second-order valence-corrected chi connectivity index (χ2v) is 12.0. The molecule has 1 heterocycles. The molecule has 1 unspecified atom stereocenters. The topological polar surface area (TPSA) is 113 Å². The minimum absolute atomic E-state index is 0.113. The molecule has 0 aliphatic carbocycles. The second-order valence-electron chi connectivity index (χ2n) is 8.05. The van der Waals surface area contributed by atoms with Gasteiger partial charge in [-0.3, -0.25) is 4.79 Å². The number of hydrogen-bond donors (Lipinski definition) is 1. The first-order valence-electron chi connectivity index (χ1n) is 10.5. The van der Waals surface area contributed by atoms with E-state index in [2.05, 4.69) is 5.32 Å². The lowest BCUT2D eigenvalue weighted by Crippen LogP contribution is -2.49. The number of carbonyl (C=O) groups excluding carboxylic acids is 1. The average Bonchev–Trinajstić information content (AvgIpc) is 2.78. The summed E-state index contributed by atoms with van der Waals surface area (Å²) in [4.78, 5) is 12.8. The molecule has 1 amide bonds. The Morgan fingerprint density at radius 3 is 2.48 bits per heavy atom. The van der Waals surface area contributed by atoms with E-state index in [1.165, 1.54) is 41.0 Å². The number of piperidine rings is 1. The molecule has 0 saturated carbocycles. The standard InChI is InChI=1S/C22H29N3O6S2/c1-24(15-17-8-5-4-6-9-17)33(29,30)21-14-18(11-12-20(21)31-2)22(26)23-19-10-7-13-25(16-19)32(3,27)28/h4-6,8-9,11-12,14,19H,7,10,13,15-16H2,1-3H3,(H,23,26). The number of hydrogen-bond acceptors (Lipinski definition) is 6. The molecule has 0 spiro atoms. The Bertz CT molecular complexity index is 1200. The van der Waals surface area contributed by atoms with Crippen molar-refractivity contribution in [2.24, 2.45) is 0 Å². The zero-order valence-corrected chi connectivity index (χ0v) is 20.5. The minimum atomic E-state index is -3.96. The predicted octanol–water partition coefficient (Wildman–Crippen LogP) is 1.67. The Kier molecular flexibility index (Phi) is 7.78. The van der Waals surface area contributed by atoms with Crippen molar-refractivity contribution in [3.8, 4) is 5.75 Å². The van der Waals surface area contributed by atoms with E-state index >= 15 is 0 Å². The highest BCUT2D eigenvalue weighted by Gasteiger charge is 2.29. The van der Waals surface area contributed by atoms with Crippen molar-refractivity contribution >= 4 is 26.0 Å². The Labute approximate surface area is 195 Å². The SMILES string of the molecule is COc1ccc(C(=O)NC2CCCN(S(C)(=O)=O)C2)cc1S(=O)(=O)N(C)Cc1ccccc1. The van der Waals surface area contributed by atoms with Gasteiger partial charge < -0.3 is 10.1 Å². The van der Waals surface area contributed by atoms with Crippen LogP contribution in [0.4, 0.5) is 0 Å². The van der Waals surface area contributed by atoms with Crippen molar-refractivity contribution in [3.63, 3.8) is 0 Å². The van der Waals surface area contributed by atoms with Crippen LogP contribution in [0.2, 0.25) is 0 Å². The van der Waals surface area contributed by atoms with Gasteiger partial charge >= 0.3 is 0 Å². The number of nitrogens with one attached hydrogen (secondary N) is 1. The number of benzene rings is 2. The van der Waals surface area contributed by atoms with Gasteiger partial charge in [0.1, 0.15) is 10.6 Å². The van der Waals surface area contributed by atoms with Crippen molar-refractivity contribution in [2.45, 2.75) is 30.3 Å². The van der Waals surface area contributed by atoms with Crippen LogP contribution < -0.4 is 10.1 Å². The van der Waals surface area contributed by atoms with E-state index in [1.54, 1.807) is 0 Å². The van der Waals surface area contributed by atoms with E-state index in [0.717, 1.165) is 11.8 Å². The van der Waals surface area contributed by atoms with Crippen LogP contribution in [0.5, 0.6) is 5.75 Å². The number of amides is 1. The number of sulfonamides is 2. The fraction of sp³-hybridized carbons (Fsp3) is 0.409. The van der Waals surface area contributed by atoms with Crippen LogP contribution >= 0.6 is 0 Å². The van der Waals surface area contributed by atoms with Gasteiger partial charge in [-0.05, 0) is 36.6 Å². The third-order valence-electron chi connectivity index (χ3n) is 5.55. The van der Waals surface area contributed by atoms with Gasteiger partial charge in [0.05, 0.1) is 13.4 Å². The van der Waals surface area contributed by atoms with Crippen LogP contribution in [-0.2, 0) is 26.6 Å². The minimum Gasteiger partial charge on any atom is -0.495 e. The smallest absolute Gasteiger partial charge is 0.251 e. The summed E-state index contributed by atoms with van der Waals surface area (Å²) >= 11 is 0. The summed E-state index contributed by atoms with van der Waals surface area (Å²) in [7, 11) is -4.47. The zero-order valence-electron chi connectivity index (χ0n) is 18.9. The van der Waals surface area contributed by atoms with E-state index in [9.17, 15) is 21.6 Å². The zero-order chi connectivity index (χ0) is 24.2. The molecule has 1 aliphatic heterocycles. The first-order chi connectivity index (χ1) is 15.5. The number of nitrogens with zero attached hydrogens (tertiary/aromatic N) is 2. The maximum absolute atomic E-state index is 13.3. The maximum atomic E-state index is 13.3. The molecule has 9 nitrogen and oxygen atoms in total. The van der Waals surface area contributed by atoms with Gasteiger partial charge in [-0.2, -0.15) is 4.31 Å². The monoisotopic (exact) mass is 495 g/mol. The van der Waals surface area contributed by atoms with Crippen molar-refractivity contribution in [2.75, 3.05) is 33.5 Å². The molecular formula is C22H29N3O6S2. The molecule has 33 heavy (non-hydrogen) atoms. The van der Waals surface area contributed by atoms with Crippen LogP contribution in [0.3, 0.4) is 0 Å². The summed E-state index contributed by atoms with van der Waals surface area (Å²) < 4.78 is 58.0. The van der Waals surface area contributed by atoms with Gasteiger partial charge in [0, 0.05) is 38.3 Å². The summed E-state index contributed by atoms with van der Waals surface area (Å²) in [6, 6.07) is 13.0. The number of ether oxygens (including phenoxy) is 1. The lowest BCUT2D eigenvalue weighted by Gasteiger charge is -2.31. The Hall–Kier alpha value is -2.47. The largest absolute Gasteiger partial charge is 0.495 e. The van der Waals surface area contributed by atoms with Crippen molar-refractivity contribution in [1.29, 1.82) is 0 Å². The number of rotatable bonds is 8. The van der Waals surface area contributed by atoms with Gasteiger partial charge in [0.25, 0.3) is 5.91 Å². The molecule has 3 rings (SSSR count). The summed E-state index contributed by atoms with van der Waals surface area (Å²) in [5.41, 5.74) is 0.975. The molecular weight excluding hydrogens is 466 g/mol. The Morgan fingerprint density at radius 2 is 1.85 bits per heavy atom. The van der Waals surface area contributed by atoms with Crippen LogP contribution in [0, 0.1) is 0 Å². The van der Waals surface area contributed by atoms with Crippen LogP contribution in [0.1, 0.15) is 28.8 Å². The summed E-state index contributed by atoms with van der Waals surface area (Å²) in [5.74, 6) is -0.340. The van der Waals surface area contributed by atoms with Gasteiger partial charge in [0.2, 0.25) is 20.0 Å².